The summed E-state index contributed by atoms with van der Waals surface area (Å²) in [6.07, 6.45) is 1.55. The molecule has 0 bridgehead atoms. The van der Waals surface area contributed by atoms with E-state index < -0.39 is 28.9 Å². The van der Waals surface area contributed by atoms with Crippen molar-refractivity contribution in [2.45, 2.75) is 227 Å². The maximum absolute atomic E-state index is 13.6. The van der Waals surface area contributed by atoms with Crippen LogP contribution in [-0.2, 0) is 9.53 Å². The number of benzene rings is 6. The Morgan fingerprint density at radius 1 is 0.361 bits per heavy atom. The molecule has 2 aliphatic rings. The number of hydrogen-bond acceptors (Lipinski definition) is 11. The van der Waals surface area contributed by atoms with Gasteiger partial charge in [-0.3, -0.25) is 14.4 Å². The summed E-state index contributed by atoms with van der Waals surface area (Å²) in [5, 5.41) is 0.338. The van der Waals surface area contributed by atoms with Crippen LogP contribution in [-0.4, -0.2) is 34.4 Å². The fraction of sp³-hybridized carbons (Fsp3) is 0.476. The number of carbonyl (C=O) groups is 4. The van der Waals surface area contributed by atoms with Crippen LogP contribution in [0.1, 0.15) is 318 Å². The van der Waals surface area contributed by atoms with Gasteiger partial charge in [0.1, 0.15) is 0 Å². The number of carbonyl (C=O) groups excluding carboxylic acids is 5. The molecule has 0 fully saturated rings. The third kappa shape index (κ3) is 18.0. The molecule has 0 spiro atoms. The Morgan fingerprint density at radius 3 is 0.959 bits per heavy atom. The van der Waals surface area contributed by atoms with E-state index in [1.54, 1.807) is 30.3 Å². The Bertz CT molecular complexity index is 4050. The lowest BCUT2D eigenvalue weighted by Crippen LogP contribution is -2.29. The van der Waals surface area contributed by atoms with E-state index in [0.717, 1.165) is 43.5 Å². The predicted molar refractivity (Wildman–Crippen MR) is 397 cm³/mol. The van der Waals surface area contributed by atoms with Crippen molar-refractivity contribution in [2.75, 3.05) is 4.90 Å². The molecule has 3 heterocycles. The number of aliphatic imine (C=N–C) groups is 1. The number of aromatic nitrogens is 1. The molecule has 0 atom stereocenters. The van der Waals surface area contributed by atoms with Crippen molar-refractivity contribution < 1.29 is 33.1 Å². The molecule has 6 aromatic carbocycles. The van der Waals surface area contributed by atoms with Crippen LogP contribution in [0.5, 0.6) is 0 Å². The van der Waals surface area contributed by atoms with E-state index >= 15 is 0 Å². The zero-order valence-electron chi connectivity index (χ0n) is 61.5. The normalized spacial score (nSPS) is 12.9. The number of isocyanates is 1. The first-order chi connectivity index (χ1) is 44.9. The van der Waals surface area contributed by atoms with Gasteiger partial charge >= 0.3 is 23.3 Å². The van der Waals surface area contributed by atoms with Crippen molar-refractivity contribution in [1.82, 2.24) is 4.57 Å². The lowest BCUT2D eigenvalue weighted by molar-refractivity contribution is 0.0443. The van der Waals surface area contributed by atoms with E-state index in [9.17, 15) is 38.4 Å². The van der Waals surface area contributed by atoms with Gasteiger partial charge in [0, 0.05) is 0 Å². The average molecular weight is 1320 g/mol. The molecule has 0 radical (unpaired) electrons. The second-order valence-electron chi connectivity index (χ2n) is 29.9. The second kappa shape index (κ2) is 33.7. The number of imide groups is 1. The van der Waals surface area contributed by atoms with Crippen LogP contribution in [0.3, 0.4) is 0 Å². The van der Waals surface area contributed by atoms with Gasteiger partial charge < -0.3 is 9.15 Å². The molecular weight excluding hydrogens is 1210 g/mol. The van der Waals surface area contributed by atoms with E-state index in [4.69, 9.17) is 4.42 Å². The molecule has 0 saturated heterocycles. The van der Waals surface area contributed by atoms with E-state index in [1.165, 1.54) is 16.0 Å². The minimum absolute atomic E-state index is 0. The SMILES string of the molecule is C.CC(C)C(c1ccc(N=C=O)cc1)C(C)C.CC(C)c1cc2c(=O)oc(=O)n(-c3ccc(C(C(C)C)C(C)C)cc3)c(=O)c2cc1C(C)C.CC(C)c1cc2c(cc1C(C)C)C(=O)N(c1ccc(C(C(C)C)C(C)C)cc1)C2=O.CC(C)c1cc2c(cc1C(C)C)C(=O)OC2=O. The Kier molecular flexibility index (Phi) is 27.5. The number of cyclic esters (lactones) is 2. The average Bonchev–Trinajstić information content (AvgIpc) is 1.80. The Hall–Kier alpha value is -8.41. The van der Waals surface area contributed by atoms with Crippen LogP contribution in [0.15, 0.2) is 133 Å². The van der Waals surface area contributed by atoms with Crippen molar-refractivity contribution in [3.63, 3.8) is 0 Å². The molecule has 2 aliphatic heterocycles. The Morgan fingerprint density at radius 2 is 0.649 bits per heavy atom. The van der Waals surface area contributed by atoms with E-state index in [0.29, 0.717) is 116 Å². The molecule has 0 N–H and O–H groups in total. The van der Waals surface area contributed by atoms with Crippen molar-refractivity contribution in [3.8, 4) is 5.69 Å². The third-order valence-electron chi connectivity index (χ3n) is 18.7. The van der Waals surface area contributed by atoms with Crippen molar-refractivity contribution in [3.05, 3.63) is 213 Å². The fourth-order valence-corrected chi connectivity index (χ4v) is 14.4. The third-order valence-corrected chi connectivity index (χ3v) is 18.7. The lowest BCUT2D eigenvalue weighted by Gasteiger charge is -2.26. The van der Waals surface area contributed by atoms with Crippen molar-refractivity contribution >= 4 is 52.0 Å². The van der Waals surface area contributed by atoms with Gasteiger partial charge in [0.15, 0.2) is 0 Å². The smallest absolute Gasteiger partial charge is 0.386 e. The highest BCUT2D eigenvalue weighted by molar-refractivity contribution is 6.34. The summed E-state index contributed by atoms with van der Waals surface area (Å²) in [5.41, 5.74) is 12.5. The Balaban J connectivity index is 0.000000244. The molecule has 0 saturated carbocycles. The molecule has 0 aliphatic carbocycles. The zero-order valence-corrected chi connectivity index (χ0v) is 61.5. The van der Waals surface area contributed by atoms with Crippen LogP contribution < -0.4 is 21.8 Å². The summed E-state index contributed by atoms with van der Waals surface area (Å²) in [4.78, 5) is 104. The first-order valence-electron chi connectivity index (χ1n) is 34.6. The van der Waals surface area contributed by atoms with Crippen LogP contribution in [0.25, 0.3) is 16.5 Å². The summed E-state index contributed by atoms with van der Waals surface area (Å²) >= 11 is 0. The highest BCUT2D eigenvalue weighted by Crippen LogP contribution is 2.40. The molecule has 520 valence electrons. The zero-order chi connectivity index (χ0) is 71.8. The molecule has 7 aromatic rings. The first kappa shape index (κ1) is 79.3. The lowest BCUT2D eigenvalue weighted by atomic mass is 9.80. The van der Waals surface area contributed by atoms with Gasteiger partial charge in [-0.15, -0.1) is 0 Å². The molecular formula is C84H109N3O10. The van der Waals surface area contributed by atoms with E-state index in [2.05, 4.69) is 186 Å². The number of esters is 2. The van der Waals surface area contributed by atoms with Gasteiger partial charge in [-0.05, 0) is 212 Å². The predicted octanol–water partition coefficient (Wildman–Crippen LogP) is 21.0. The number of hydrogen-bond donors (Lipinski definition) is 0. The maximum atomic E-state index is 13.6. The number of amides is 2. The number of ether oxygens (including phenoxy) is 1. The summed E-state index contributed by atoms with van der Waals surface area (Å²) in [5.74, 6) is 3.63. The molecule has 0 unspecified atom stereocenters. The van der Waals surface area contributed by atoms with Crippen LogP contribution in [0.2, 0.25) is 0 Å². The molecule has 97 heavy (non-hydrogen) atoms. The topological polar surface area (TPSA) is 179 Å². The monoisotopic (exact) mass is 1320 g/mol. The molecule has 9 rings (SSSR count). The fourth-order valence-electron chi connectivity index (χ4n) is 14.4. The number of nitrogens with zero attached hydrogens (tertiary/aromatic N) is 3. The van der Waals surface area contributed by atoms with Gasteiger partial charge in [0.05, 0.1) is 50.1 Å². The molecule has 1 aromatic heterocycles. The minimum Gasteiger partial charge on any atom is -0.386 e. The quantitative estimate of drug-likeness (QED) is 0.0264. The van der Waals surface area contributed by atoms with Gasteiger partial charge in [0.2, 0.25) is 6.08 Å². The minimum atomic E-state index is -0.976. The highest BCUT2D eigenvalue weighted by Gasteiger charge is 2.39. The van der Waals surface area contributed by atoms with E-state index in [1.807, 2.05) is 74.5 Å². The van der Waals surface area contributed by atoms with Crippen LogP contribution >= 0.6 is 0 Å². The van der Waals surface area contributed by atoms with Crippen LogP contribution in [0, 0.1) is 35.5 Å². The second-order valence-corrected chi connectivity index (χ2v) is 29.9. The Labute approximate surface area is 577 Å². The number of anilines is 1. The van der Waals surface area contributed by atoms with Gasteiger partial charge in [-0.1, -0.05) is 210 Å². The summed E-state index contributed by atoms with van der Waals surface area (Å²) in [7, 11) is 0. The summed E-state index contributed by atoms with van der Waals surface area (Å²) < 4.78 is 10.7. The summed E-state index contributed by atoms with van der Waals surface area (Å²) in [6, 6.07) is 34.2. The van der Waals surface area contributed by atoms with Gasteiger partial charge in [-0.2, -0.15) is 4.99 Å². The maximum Gasteiger partial charge on any atom is 0.429 e. The highest BCUT2D eigenvalue weighted by atomic mass is 16.6. The van der Waals surface area contributed by atoms with Gasteiger partial charge in [0.25, 0.3) is 17.4 Å². The molecule has 2 amide bonds. The van der Waals surface area contributed by atoms with E-state index in [-0.39, 0.29) is 41.8 Å². The first-order valence-corrected chi connectivity index (χ1v) is 34.6. The molecule has 13 nitrogen and oxygen atoms in total. The standard InChI is InChI=1S/C28H35NO4.C27H35NO2.C14H19NO.C14H16O3.CH4/c1-15(2)21-13-23-24(14-22(21)16(3)4)27(31)33-28(32)29(26(23)30)20-11-9-19(10-12-20)25(17(5)6)18(7)8;1-15(2)21-13-23-24(14-22(21)16(3)4)27(30)28(26(23)29)20-11-9-19(10-12-20)25(17(5)6)18(7)8;1-10(2)14(11(3)4)12-5-7-13(8-6-12)15-9-16;1-7(2)9-5-11-12(6-10(9)8(3)4)14(16)17-13(11)15;/h9-18,25H,1-8H3;9-18,25H,1-8H3;5-8,10-11,14H,1-4H3;5-8H,1-4H3;1H4. The van der Waals surface area contributed by atoms with Gasteiger partial charge in [-0.25, -0.2) is 33.4 Å². The van der Waals surface area contributed by atoms with Crippen molar-refractivity contribution in [2.24, 2.45) is 40.5 Å². The van der Waals surface area contributed by atoms with Crippen molar-refractivity contribution in [1.29, 1.82) is 0 Å². The van der Waals surface area contributed by atoms with Crippen LogP contribution in [0.4, 0.5) is 11.4 Å². The number of rotatable bonds is 18. The summed E-state index contributed by atoms with van der Waals surface area (Å²) in [6.45, 7) is 51.7. The largest absolute Gasteiger partial charge is 0.429 e. The molecule has 13 heteroatoms. The number of fused-ring (bicyclic) bond motifs is 3.